The van der Waals surface area contributed by atoms with Gasteiger partial charge in [0.1, 0.15) is 11.7 Å². The van der Waals surface area contributed by atoms with Gasteiger partial charge in [-0.2, -0.15) is 0 Å². The first-order valence-electron chi connectivity index (χ1n) is 16.1. The molecule has 1 saturated carbocycles. The van der Waals surface area contributed by atoms with Crippen LogP contribution in [0.1, 0.15) is 73.8 Å². The number of aryl methyl sites for hydroxylation is 1. The molecule has 1 aliphatic carbocycles. The number of fused-ring (bicyclic) bond motifs is 1. The topological polar surface area (TPSA) is 138 Å². The number of benzene rings is 2. The van der Waals surface area contributed by atoms with Gasteiger partial charge in [-0.15, -0.1) is 0 Å². The molecule has 1 aromatic heterocycles. The molecule has 1 aliphatic heterocycles. The Morgan fingerprint density at radius 2 is 1.60 bits per heavy atom. The zero-order valence-electron chi connectivity index (χ0n) is 25.8. The maximum atomic E-state index is 14.0. The minimum Gasteiger partial charge on any atom is -0.356 e. The quantitative estimate of drug-likeness (QED) is 0.232. The summed E-state index contributed by atoms with van der Waals surface area (Å²) in [5.41, 5.74) is 2.15. The molecule has 5 rings (SSSR count). The summed E-state index contributed by atoms with van der Waals surface area (Å²) in [6.07, 6.45) is 6.92. The van der Waals surface area contributed by atoms with Gasteiger partial charge in [-0.25, -0.2) is 0 Å². The van der Waals surface area contributed by atoms with Crippen LogP contribution in [0.5, 0.6) is 0 Å². The Morgan fingerprint density at radius 1 is 0.867 bits per heavy atom. The molecular formula is C35H43N5O5. The number of amides is 4. The molecule has 0 bridgehead atoms. The summed E-state index contributed by atoms with van der Waals surface area (Å²) < 4.78 is 1.80. The number of carbonyl (C=O) groups excluding carboxylic acids is 5. The monoisotopic (exact) mass is 613 g/mol. The molecule has 2 heterocycles. The summed E-state index contributed by atoms with van der Waals surface area (Å²) in [5, 5.41) is 12.1. The normalized spacial score (nSPS) is 18.4. The van der Waals surface area contributed by atoms with Crippen molar-refractivity contribution in [3.05, 3.63) is 71.9 Å². The van der Waals surface area contributed by atoms with E-state index in [2.05, 4.69) is 21.3 Å². The number of rotatable bonds is 12. The zero-order valence-corrected chi connectivity index (χ0v) is 25.8. The number of para-hydroxylation sites is 1. The Hall–Kier alpha value is -4.47. The van der Waals surface area contributed by atoms with Gasteiger partial charge in [0.05, 0.1) is 6.04 Å². The van der Waals surface area contributed by atoms with Crippen LogP contribution in [0.4, 0.5) is 0 Å². The van der Waals surface area contributed by atoms with Crippen molar-refractivity contribution in [3.63, 3.8) is 0 Å². The SMILES string of the molecule is Cn1c(C(=O)N[C@@H](CC2CCCCC2)C(=O)N[C@@H](C[C@@H]2CCCNC2=O)C(=O)C(=O)NCc2ccccc2)cc2ccccc21. The first-order valence-corrected chi connectivity index (χ1v) is 16.1. The summed E-state index contributed by atoms with van der Waals surface area (Å²) in [7, 11) is 1.81. The van der Waals surface area contributed by atoms with Crippen LogP contribution in [-0.4, -0.2) is 52.6 Å². The third kappa shape index (κ3) is 8.17. The lowest BCUT2D eigenvalue weighted by molar-refractivity contribution is -0.141. The second-order valence-electron chi connectivity index (χ2n) is 12.4. The van der Waals surface area contributed by atoms with Crippen molar-refractivity contribution < 1.29 is 24.0 Å². The molecule has 2 aromatic carbocycles. The van der Waals surface area contributed by atoms with Gasteiger partial charge >= 0.3 is 0 Å². The van der Waals surface area contributed by atoms with E-state index in [-0.39, 0.29) is 30.7 Å². The first kappa shape index (κ1) is 31.9. The number of aromatic nitrogens is 1. The van der Waals surface area contributed by atoms with Crippen LogP contribution in [-0.2, 0) is 32.8 Å². The number of nitrogens with one attached hydrogen (secondary N) is 4. The van der Waals surface area contributed by atoms with Gasteiger partial charge in [-0.3, -0.25) is 24.0 Å². The largest absolute Gasteiger partial charge is 0.356 e. The van der Waals surface area contributed by atoms with Gasteiger partial charge in [0.25, 0.3) is 11.8 Å². The third-order valence-electron chi connectivity index (χ3n) is 9.17. The summed E-state index contributed by atoms with van der Waals surface area (Å²) in [6.45, 7) is 0.711. The first-order chi connectivity index (χ1) is 21.8. The van der Waals surface area contributed by atoms with Crippen LogP contribution >= 0.6 is 0 Å². The van der Waals surface area contributed by atoms with Gasteiger partial charge in [0.2, 0.25) is 17.6 Å². The highest BCUT2D eigenvalue weighted by molar-refractivity contribution is 6.38. The summed E-state index contributed by atoms with van der Waals surface area (Å²) in [6, 6.07) is 16.6. The standard InChI is InChI=1S/C35H43N5O5/c1-40-29-17-9-8-15-25(29)21-30(40)34(44)39-28(19-23-11-4-2-5-12-23)33(43)38-27(20-26-16-10-18-36-32(26)42)31(41)35(45)37-22-24-13-6-3-7-14-24/h3,6-9,13-15,17,21,23,26-28H,2,4-5,10-12,16,18-20,22H2,1H3,(H,36,42)(H,37,45)(H,38,43)(H,39,44)/t26-,27-,28-/m0/s1. The van der Waals surface area contributed by atoms with E-state index in [0.717, 1.165) is 55.0 Å². The second-order valence-corrected chi connectivity index (χ2v) is 12.4. The molecule has 10 nitrogen and oxygen atoms in total. The number of hydrogen-bond donors (Lipinski definition) is 4. The van der Waals surface area contributed by atoms with E-state index >= 15 is 0 Å². The molecule has 2 aliphatic rings. The highest BCUT2D eigenvalue weighted by atomic mass is 16.2. The van der Waals surface area contributed by atoms with Gasteiger partial charge in [0.15, 0.2) is 0 Å². The molecule has 0 unspecified atom stereocenters. The highest BCUT2D eigenvalue weighted by Gasteiger charge is 2.35. The summed E-state index contributed by atoms with van der Waals surface area (Å²) in [5.74, 6) is -3.02. The zero-order chi connectivity index (χ0) is 31.8. The molecule has 2 fully saturated rings. The number of carbonyl (C=O) groups is 5. The predicted octanol–water partition coefficient (Wildman–Crippen LogP) is 3.53. The Kier molecular flexibility index (Phi) is 10.7. The Bertz CT molecular complexity index is 1530. The summed E-state index contributed by atoms with van der Waals surface area (Å²) in [4.78, 5) is 66.8. The third-order valence-corrected chi connectivity index (χ3v) is 9.17. The van der Waals surface area contributed by atoms with E-state index in [1.54, 1.807) is 10.6 Å². The highest BCUT2D eigenvalue weighted by Crippen LogP contribution is 2.28. The molecule has 3 aromatic rings. The van der Waals surface area contributed by atoms with Crippen LogP contribution in [0.2, 0.25) is 0 Å². The fourth-order valence-electron chi connectivity index (χ4n) is 6.60. The van der Waals surface area contributed by atoms with Gasteiger partial charge in [-0.05, 0) is 49.3 Å². The molecule has 3 atom stereocenters. The number of ketones is 1. The van der Waals surface area contributed by atoms with Gasteiger partial charge in [-0.1, -0.05) is 80.6 Å². The maximum Gasteiger partial charge on any atom is 0.289 e. The maximum absolute atomic E-state index is 14.0. The van der Waals surface area contributed by atoms with Crippen molar-refractivity contribution in [2.75, 3.05) is 6.54 Å². The Balaban J connectivity index is 1.35. The van der Waals surface area contributed by atoms with Crippen molar-refractivity contribution in [2.45, 2.75) is 76.4 Å². The van der Waals surface area contributed by atoms with E-state index in [1.807, 2.05) is 61.6 Å². The lowest BCUT2D eigenvalue weighted by Crippen LogP contribution is -2.55. The molecular weight excluding hydrogens is 570 g/mol. The van der Waals surface area contributed by atoms with Gasteiger partial charge < -0.3 is 25.8 Å². The molecule has 4 amide bonds. The van der Waals surface area contributed by atoms with Crippen LogP contribution in [0.3, 0.4) is 0 Å². The van der Waals surface area contributed by atoms with E-state index in [4.69, 9.17) is 0 Å². The molecule has 0 radical (unpaired) electrons. The van der Waals surface area contributed by atoms with E-state index in [0.29, 0.717) is 25.1 Å². The predicted molar refractivity (Wildman–Crippen MR) is 171 cm³/mol. The molecule has 238 valence electrons. The van der Waals surface area contributed by atoms with Crippen molar-refractivity contribution >= 4 is 40.3 Å². The van der Waals surface area contributed by atoms with E-state index < -0.39 is 35.6 Å². The molecule has 4 N–H and O–H groups in total. The fraction of sp³-hybridized carbons (Fsp3) is 0.457. The fourth-order valence-corrected chi connectivity index (χ4v) is 6.60. The molecule has 1 saturated heterocycles. The minimum atomic E-state index is -1.22. The second kappa shape index (κ2) is 15.0. The number of Topliss-reactive ketones (excluding diaryl/α,β-unsaturated/α-hetero) is 1. The van der Waals surface area contributed by atoms with Gasteiger partial charge in [0, 0.05) is 37.0 Å². The Labute approximate surface area is 263 Å². The molecule has 10 heteroatoms. The van der Waals surface area contributed by atoms with Crippen LogP contribution in [0, 0.1) is 11.8 Å². The van der Waals surface area contributed by atoms with E-state index in [1.165, 1.54) is 0 Å². The summed E-state index contributed by atoms with van der Waals surface area (Å²) >= 11 is 0. The van der Waals surface area contributed by atoms with Crippen molar-refractivity contribution in [2.24, 2.45) is 18.9 Å². The lowest BCUT2D eigenvalue weighted by Gasteiger charge is -2.29. The average molecular weight is 614 g/mol. The van der Waals surface area contributed by atoms with Crippen LogP contribution in [0.25, 0.3) is 10.9 Å². The molecule has 45 heavy (non-hydrogen) atoms. The van der Waals surface area contributed by atoms with Crippen molar-refractivity contribution in [3.8, 4) is 0 Å². The minimum absolute atomic E-state index is 0.00244. The Morgan fingerprint density at radius 3 is 2.33 bits per heavy atom. The number of piperidine rings is 1. The van der Waals surface area contributed by atoms with E-state index in [9.17, 15) is 24.0 Å². The number of nitrogens with zero attached hydrogens (tertiary/aromatic N) is 1. The van der Waals surface area contributed by atoms with Crippen molar-refractivity contribution in [1.29, 1.82) is 0 Å². The smallest absolute Gasteiger partial charge is 0.289 e. The van der Waals surface area contributed by atoms with Crippen LogP contribution < -0.4 is 21.3 Å². The van der Waals surface area contributed by atoms with Crippen molar-refractivity contribution in [1.82, 2.24) is 25.8 Å². The number of hydrogen-bond acceptors (Lipinski definition) is 5. The van der Waals surface area contributed by atoms with Crippen LogP contribution in [0.15, 0.2) is 60.7 Å². The molecule has 0 spiro atoms. The lowest BCUT2D eigenvalue weighted by atomic mass is 9.84. The average Bonchev–Trinajstić information content (AvgIpc) is 3.40.